The van der Waals surface area contributed by atoms with Gasteiger partial charge in [0.15, 0.2) is 5.76 Å². The molecule has 9 nitrogen and oxygen atoms in total. The highest BCUT2D eigenvalue weighted by Gasteiger charge is 2.26. The highest BCUT2D eigenvalue weighted by Crippen LogP contribution is 2.18. The summed E-state index contributed by atoms with van der Waals surface area (Å²) in [7, 11) is -3.71. The van der Waals surface area contributed by atoms with Gasteiger partial charge in [-0.1, -0.05) is 6.07 Å². The number of nitrogens with zero attached hydrogens (tertiary/aromatic N) is 1. The minimum atomic E-state index is -3.71. The van der Waals surface area contributed by atoms with Crippen LogP contribution in [0.25, 0.3) is 0 Å². The quantitative estimate of drug-likeness (QED) is 0.742. The summed E-state index contributed by atoms with van der Waals surface area (Å²) in [4.78, 5) is 23.9. The second kappa shape index (κ2) is 7.68. The lowest BCUT2D eigenvalue weighted by molar-refractivity contribution is 0.0730. The van der Waals surface area contributed by atoms with E-state index in [2.05, 4.69) is 10.9 Å². The molecule has 0 bridgehead atoms. The van der Waals surface area contributed by atoms with Crippen molar-refractivity contribution in [1.29, 1.82) is 0 Å². The fourth-order valence-corrected chi connectivity index (χ4v) is 3.84. The number of hydrogen-bond donors (Lipinski definition) is 2. The SMILES string of the molecule is O=C(NNC(=O)c1ccco1)c1cccc(S(=O)(=O)N2CCOCC2)c1. The first-order chi connectivity index (χ1) is 12.5. The number of nitrogens with one attached hydrogen (secondary N) is 2. The Morgan fingerprint density at radius 3 is 2.42 bits per heavy atom. The second-order valence-corrected chi connectivity index (χ2v) is 7.37. The molecule has 0 radical (unpaired) electrons. The molecule has 1 aromatic carbocycles. The summed E-state index contributed by atoms with van der Waals surface area (Å²) in [5.41, 5.74) is 4.51. The van der Waals surface area contributed by atoms with Gasteiger partial charge in [0.1, 0.15) is 0 Å². The molecule has 26 heavy (non-hydrogen) atoms. The number of rotatable bonds is 4. The molecule has 2 N–H and O–H groups in total. The van der Waals surface area contributed by atoms with Crippen LogP contribution < -0.4 is 10.9 Å². The molecule has 2 heterocycles. The summed E-state index contributed by atoms with van der Waals surface area (Å²) in [6, 6.07) is 8.58. The molecule has 3 rings (SSSR count). The number of carbonyl (C=O) groups excluding carboxylic acids is 2. The standard InChI is InChI=1S/C16H17N3O6S/c20-15(17-18-16(21)14-5-2-8-25-14)12-3-1-4-13(11-12)26(22,23)19-6-9-24-10-7-19/h1-5,8,11H,6-7,9-10H2,(H,17,20)(H,18,21). The molecule has 1 fully saturated rings. The third-order valence-electron chi connectivity index (χ3n) is 3.74. The van der Waals surface area contributed by atoms with Crippen molar-refractivity contribution in [1.82, 2.24) is 15.2 Å². The molecule has 2 amide bonds. The Kier molecular flexibility index (Phi) is 5.35. The van der Waals surface area contributed by atoms with Gasteiger partial charge in [-0.25, -0.2) is 8.42 Å². The lowest BCUT2D eigenvalue weighted by atomic mass is 10.2. The van der Waals surface area contributed by atoms with E-state index in [1.54, 1.807) is 0 Å². The highest BCUT2D eigenvalue weighted by atomic mass is 32.2. The average molecular weight is 379 g/mol. The fourth-order valence-electron chi connectivity index (χ4n) is 2.39. The third kappa shape index (κ3) is 3.93. The smallest absolute Gasteiger partial charge is 0.305 e. The molecule has 2 aromatic rings. The Morgan fingerprint density at radius 2 is 1.73 bits per heavy atom. The van der Waals surface area contributed by atoms with E-state index in [4.69, 9.17) is 9.15 Å². The van der Waals surface area contributed by atoms with E-state index in [1.807, 2.05) is 0 Å². The second-order valence-electron chi connectivity index (χ2n) is 5.43. The van der Waals surface area contributed by atoms with E-state index in [0.29, 0.717) is 13.2 Å². The Labute approximate surface area is 149 Å². The van der Waals surface area contributed by atoms with Crippen molar-refractivity contribution in [3.8, 4) is 0 Å². The Morgan fingerprint density at radius 1 is 1.00 bits per heavy atom. The molecule has 1 aliphatic rings. The Bertz CT molecular complexity index is 888. The van der Waals surface area contributed by atoms with Crippen LogP contribution in [0.5, 0.6) is 0 Å². The van der Waals surface area contributed by atoms with Crippen molar-refractivity contribution in [2.24, 2.45) is 0 Å². The van der Waals surface area contributed by atoms with Crippen LogP contribution in [-0.2, 0) is 14.8 Å². The molecule has 0 unspecified atom stereocenters. The van der Waals surface area contributed by atoms with Crippen LogP contribution in [0.4, 0.5) is 0 Å². The number of morpholine rings is 1. The average Bonchev–Trinajstić information content (AvgIpc) is 3.21. The third-order valence-corrected chi connectivity index (χ3v) is 5.63. The van der Waals surface area contributed by atoms with E-state index in [-0.39, 0.29) is 29.3 Å². The molecule has 1 saturated heterocycles. The molecule has 138 valence electrons. The largest absolute Gasteiger partial charge is 0.459 e. The molecule has 1 aliphatic heterocycles. The van der Waals surface area contributed by atoms with Crippen molar-refractivity contribution >= 4 is 21.8 Å². The minimum absolute atomic E-state index is 0.00408. The zero-order chi connectivity index (χ0) is 18.6. The molecule has 0 aliphatic carbocycles. The van der Waals surface area contributed by atoms with Crippen molar-refractivity contribution in [3.63, 3.8) is 0 Å². The van der Waals surface area contributed by atoms with Gasteiger partial charge in [0.25, 0.3) is 5.91 Å². The molecule has 0 spiro atoms. The topological polar surface area (TPSA) is 118 Å². The van der Waals surface area contributed by atoms with Gasteiger partial charge in [-0.05, 0) is 30.3 Å². The number of hydrazine groups is 1. The van der Waals surface area contributed by atoms with Crippen LogP contribution in [0.2, 0.25) is 0 Å². The fraction of sp³-hybridized carbons (Fsp3) is 0.250. The van der Waals surface area contributed by atoms with Crippen molar-refractivity contribution < 1.29 is 27.2 Å². The Balaban J connectivity index is 1.70. The lowest BCUT2D eigenvalue weighted by Gasteiger charge is -2.26. The summed E-state index contributed by atoms with van der Waals surface area (Å²) in [5.74, 6) is -1.24. The number of amides is 2. The van der Waals surface area contributed by atoms with Gasteiger partial charge in [0.2, 0.25) is 10.0 Å². The summed E-state index contributed by atoms with van der Waals surface area (Å²) < 4.78 is 36.7. The summed E-state index contributed by atoms with van der Waals surface area (Å²) in [6.07, 6.45) is 1.33. The monoisotopic (exact) mass is 379 g/mol. The molecule has 1 aromatic heterocycles. The van der Waals surface area contributed by atoms with Crippen molar-refractivity contribution in [2.75, 3.05) is 26.3 Å². The van der Waals surface area contributed by atoms with E-state index in [9.17, 15) is 18.0 Å². The molecular formula is C16H17N3O6S. The summed E-state index contributed by atoms with van der Waals surface area (Å²) >= 11 is 0. The van der Waals surface area contributed by atoms with Crippen LogP contribution in [0.1, 0.15) is 20.9 Å². The zero-order valence-electron chi connectivity index (χ0n) is 13.7. The maximum absolute atomic E-state index is 12.6. The predicted octanol–water partition coefficient (Wildman–Crippen LogP) is 0.375. The summed E-state index contributed by atoms with van der Waals surface area (Å²) in [5, 5.41) is 0. The number of hydrogen-bond acceptors (Lipinski definition) is 6. The van der Waals surface area contributed by atoms with Gasteiger partial charge in [0, 0.05) is 18.7 Å². The van der Waals surface area contributed by atoms with E-state index in [0.717, 1.165) is 0 Å². The molecule has 0 atom stereocenters. The van der Waals surface area contributed by atoms with Crippen LogP contribution in [0.3, 0.4) is 0 Å². The maximum atomic E-state index is 12.6. The lowest BCUT2D eigenvalue weighted by Crippen LogP contribution is -2.42. The van der Waals surface area contributed by atoms with Crippen LogP contribution >= 0.6 is 0 Å². The number of benzene rings is 1. The zero-order valence-corrected chi connectivity index (χ0v) is 14.5. The number of sulfonamides is 1. The van der Waals surface area contributed by atoms with Crippen LogP contribution in [0, 0.1) is 0 Å². The van der Waals surface area contributed by atoms with E-state index in [1.165, 1.54) is 47.0 Å². The summed E-state index contributed by atoms with van der Waals surface area (Å²) in [6.45, 7) is 1.19. The van der Waals surface area contributed by atoms with Crippen LogP contribution in [-0.4, -0.2) is 50.8 Å². The van der Waals surface area contributed by atoms with Gasteiger partial charge in [-0.3, -0.25) is 20.4 Å². The van der Waals surface area contributed by atoms with Crippen LogP contribution in [0.15, 0.2) is 52.0 Å². The normalized spacial score (nSPS) is 15.4. The number of ether oxygens (including phenoxy) is 1. The van der Waals surface area contributed by atoms with E-state index >= 15 is 0 Å². The first-order valence-corrected chi connectivity index (χ1v) is 9.24. The van der Waals surface area contributed by atoms with Gasteiger partial charge in [0.05, 0.1) is 24.4 Å². The highest BCUT2D eigenvalue weighted by molar-refractivity contribution is 7.89. The minimum Gasteiger partial charge on any atom is -0.459 e. The number of furan rings is 1. The molecular weight excluding hydrogens is 362 g/mol. The van der Waals surface area contributed by atoms with Gasteiger partial charge in [-0.15, -0.1) is 0 Å². The van der Waals surface area contributed by atoms with E-state index < -0.39 is 21.8 Å². The first kappa shape index (κ1) is 18.1. The molecule has 10 heteroatoms. The van der Waals surface area contributed by atoms with Gasteiger partial charge in [-0.2, -0.15) is 4.31 Å². The Hall–Kier alpha value is -2.69. The molecule has 0 saturated carbocycles. The van der Waals surface area contributed by atoms with Crippen molar-refractivity contribution in [2.45, 2.75) is 4.90 Å². The number of carbonyl (C=O) groups is 2. The predicted molar refractivity (Wildman–Crippen MR) is 89.7 cm³/mol. The van der Waals surface area contributed by atoms with Crippen molar-refractivity contribution in [3.05, 3.63) is 54.0 Å². The first-order valence-electron chi connectivity index (χ1n) is 7.80. The maximum Gasteiger partial charge on any atom is 0.305 e. The van der Waals surface area contributed by atoms with Gasteiger partial charge < -0.3 is 9.15 Å². The van der Waals surface area contributed by atoms with Gasteiger partial charge >= 0.3 is 5.91 Å².